The largest absolute Gasteiger partial charge is 0.294 e. The molecule has 0 aromatic heterocycles. The first-order chi connectivity index (χ1) is 8.97. The molecule has 0 radical (unpaired) electrons. The van der Waals surface area contributed by atoms with Gasteiger partial charge in [-0.3, -0.25) is 4.79 Å². The van der Waals surface area contributed by atoms with Crippen LogP contribution in [0, 0.1) is 9.39 Å². The molecule has 0 atom stereocenters. The van der Waals surface area contributed by atoms with Crippen LogP contribution in [0.15, 0.2) is 36.4 Å². The van der Waals surface area contributed by atoms with Gasteiger partial charge in [-0.05, 0) is 58.5 Å². The SMILES string of the molecule is O=C(Cc1ccc(F)c(Cl)c1)c1cc(Cl)ccc1I. The zero-order valence-corrected chi connectivity index (χ0v) is 13.3. The van der Waals surface area contributed by atoms with E-state index in [9.17, 15) is 9.18 Å². The van der Waals surface area contributed by atoms with Crippen LogP contribution in [0.4, 0.5) is 4.39 Å². The number of rotatable bonds is 3. The van der Waals surface area contributed by atoms with Crippen molar-refractivity contribution in [2.45, 2.75) is 6.42 Å². The molecule has 98 valence electrons. The van der Waals surface area contributed by atoms with Crippen molar-refractivity contribution < 1.29 is 9.18 Å². The summed E-state index contributed by atoms with van der Waals surface area (Å²) in [5, 5.41) is 0.534. The number of halogens is 4. The second-order valence-electron chi connectivity index (χ2n) is 3.97. The van der Waals surface area contributed by atoms with Gasteiger partial charge >= 0.3 is 0 Å². The standard InChI is InChI=1S/C14H8Cl2FIO/c15-9-2-4-13(18)10(7-9)14(19)6-8-1-3-12(17)11(16)5-8/h1-5,7H,6H2. The molecule has 5 heteroatoms. The first-order valence-electron chi connectivity index (χ1n) is 5.39. The molecule has 1 nitrogen and oxygen atoms in total. The van der Waals surface area contributed by atoms with Gasteiger partial charge in [-0.2, -0.15) is 0 Å². The molecule has 0 saturated carbocycles. The predicted molar refractivity (Wildman–Crippen MR) is 83.6 cm³/mol. The summed E-state index contributed by atoms with van der Waals surface area (Å²) in [6.45, 7) is 0. The topological polar surface area (TPSA) is 17.1 Å². The number of ketones is 1. The molecule has 0 fully saturated rings. The fourth-order valence-corrected chi connectivity index (χ4v) is 2.65. The third-order valence-electron chi connectivity index (χ3n) is 2.58. The molecule has 0 saturated heterocycles. The Balaban J connectivity index is 2.25. The number of hydrogen-bond acceptors (Lipinski definition) is 1. The summed E-state index contributed by atoms with van der Waals surface area (Å²) in [5.74, 6) is -0.565. The van der Waals surface area contributed by atoms with Gasteiger partial charge in [0.15, 0.2) is 5.78 Å². The minimum Gasteiger partial charge on any atom is -0.294 e. The van der Waals surface area contributed by atoms with Crippen molar-refractivity contribution >= 4 is 51.6 Å². The summed E-state index contributed by atoms with van der Waals surface area (Å²) in [4.78, 5) is 12.2. The van der Waals surface area contributed by atoms with Gasteiger partial charge in [0, 0.05) is 20.6 Å². The molecule has 0 heterocycles. The molecule has 0 N–H and O–H groups in total. The maximum atomic E-state index is 13.0. The van der Waals surface area contributed by atoms with E-state index in [1.54, 1.807) is 24.3 Å². The van der Waals surface area contributed by atoms with Crippen molar-refractivity contribution in [1.29, 1.82) is 0 Å². The van der Waals surface area contributed by atoms with E-state index in [2.05, 4.69) is 22.6 Å². The summed E-state index contributed by atoms with van der Waals surface area (Å²) in [5.41, 5.74) is 1.24. The molecule has 2 rings (SSSR count). The summed E-state index contributed by atoms with van der Waals surface area (Å²) < 4.78 is 13.9. The fraction of sp³-hybridized carbons (Fsp3) is 0.0714. The van der Waals surface area contributed by atoms with Crippen molar-refractivity contribution in [2.75, 3.05) is 0 Å². The van der Waals surface area contributed by atoms with E-state index >= 15 is 0 Å². The second-order valence-corrected chi connectivity index (χ2v) is 5.98. The highest BCUT2D eigenvalue weighted by molar-refractivity contribution is 14.1. The third kappa shape index (κ3) is 3.68. The Labute approximate surface area is 133 Å². The fourth-order valence-electron chi connectivity index (χ4n) is 1.64. The molecule has 2 aromatic carbocycles. The molecule has 19 heavy (non-hydrogen) atoms. The number of carbonyl (C=O) groups is 1. The van der Waals surface area contributed by atoms with Gasteiger partial charge in [-0.1, -0.05) is 29.3 Å². The molecule has 0 spiro atoms. The Morgan fingerprint density at radius 2 is 1.89 bits per heavy atom. The van der Waals surface area contributed by atoms with Crippen LogP contribution in [0.2, 0.25) is 10.0 Å². The highest BCUT2D eigenvalue weighted by Gasteiger charge is 2.12. The van der Waals surface area contributed by atoms with Crippen molar-refractivity contribution in [3.63, 3.8) is 0 Å². The molecule has 0 amide bonds. The molecule has 2 aromatic rings. The van der Waals surface area contributed by atoms with Crippen LogP contribution in [0.25, 0.3) is 0 Å². The number of Topliss-reactive ketones (excluding diaryl/α,β-unsaturated/α-hetero) is 1. The lowest BCUT2D eigenvalue weighted by molar-refractivity contribution is 0.0992. The lowest BCUT2D eigenvalue weighted by Gasteiger charge is -2.05. The molecule has 0 aliphatic carbocycles. The zero-order valence-electron chi connectivity index (χ0n) is 9.59. The van der Waals surface area contributed by atoms with E-state index in [1.165, 1.54) is 12.1 Å². The average Bonchev–Trinajstić information content (AvgIpc) is 2.36. The molecular formula is C14H8Cl2FIO. The Morgan fingerprint density at radius 1 is 1.16 bits per heavy atom. The van der Waals surface area contributed by atoms with Crippen LogP contribution in [0.5, 0.6) is 0 Å². The molecular weight excluding hydrogens is 401 g/mol. The van der Waals surface area contributed by atoms with Crippen LogP contribution in [-0.4, -0.2) is 5.78 Å². The lowest BCUT2D eigenvalue weighted by Crippen LogP contribution is -2.06. The highest BCUT2D eigenvalue weighted by atomic mass is 127. The van der Waals surface area contributed by atoms with Gasteiger partial charge in [0.2, 0.25) is 0 Å². The smallest absolute Gasteiger partial charge is 0.168 e. The third-order valence-corrected chi connectivity index (χ3v) is 4.04. The monoisotopic (exact) mass is 408 g/mol. The summed E-state index contributed by atoms with van der Waals surface area (Å²) in [7, 11) is 0. The maximum absolute atomic E-state index is 13.0. The van der Waals surface area contributed by atoms with E-state index < -0.39 is 5.82 Å². The predicted octanol–water partition coefficient (Wildman–Crippen LogP) is 5.16. The molecule has 0 aliphatic heterocycles. The normalized spacial score (nSPS) is 10.5. The quantitative estimate of drug-likeness (QED) is 0.506. The van der Waals surface area contributed by atoms with Crippen molar-refractivity contribution in [3.8, 4) is 0 Å². The van der Waals surface area contributed by atoms with Gasteiger partial charge in [0.05, 0.1) is 5.02 Å². The highest BCUT2D eigenvalue weighted by Crippen LogP contribution is 2.21. The Hall–Kier alpha value is -0.650. The molecule has 0 aliphatic rings. The molecule has 0 bridgehead atoms. The average molecular weight is 409 g/mol. The van der Waals surface area contributed by atoms with Gasteiger partial charge in [0.25, 0.3) is 0 Å². The van der Waals surface area contributed by atoms with Gasteiger partial charge in [-0.25, -0.2) is 4.39 Å². The molecule has 0 unspecified atom stereocenters. The van der Waals surface area contributed by atoms with E-state index in [1.807, 2.05) is 0 Å². The number of benzene rings is 2. The summed E-state index contributed by atoms with van der Waals surface area (Å²) in [6, 6.07) is 9.43. The first kappa shape index (κ1) is 14.8. The van der Waals surface area contributed by atoms with Gasteiger partial charge in [0.1, 0.15) is 5.82 Å². The van der Waals surface area contributed by atoms with Crippen molar-refractivity contribution in [3.05, 3.63) is 67.0 Å². The summed E-state index contributed by atoms with van der Waals surface area (Å²) >= 11 is 13.7. The van der Waals surface area contributed by atoms with Crippen molar-refractivity contribution in [1.82, 2.24) is 0 Å². The van der Waals surface area contributed by atoms with Crippen LogP contribution in [0.3, 0.4) is 0 Å². The van der Waals surface area contributed by atoms with E-state index in [-0.39, 0.29) is 17.2 Å². The minimum atomic E-state index is -0.491. The van der Waals surface area contributed by atoms with E-state index in [0.29, 0.717) is 16.1 Å². The van der Waals surface area contributed by atoms with Crippen LogP contribution in [-0.2, 0) is 6.42 Å². The Morgan fingerprint density at radius 3 is 2.58 bits per heavy atom. The second kappa shape index (κ2) is 6.20. The summed E-state index contributed by atoms with van der Waals surface area (Å²) in [6.07, 6.45) is 0.163. The van der Waals surface area contributed by atoms with E-state index in [0.717, 1.165) is 3.57 Å². The van der Waals surface area contributed by atoms with Crippen molar-refractivity contribution in [2.24, 2.45) is 0 Å². The van der Waals surface area contributed by atoms with Crippen LogP contribution in [0.1, 0.15) is 15.9 Å². The number of carbonyl (C=O) groups excluding carboxylic acids is 1. The van der Waals surface area contributed by atoms with Gasteiger partial charge in [-0.15, -0.1) is 0 Å². The number of hydrogen-bond donors (Lipinski definition) is 0. The van der Waals surface area contributed by atoms with Crippen LogP contribution < -0.4 is 0 Å². The first-order valence-corrected chi connectivity index (χ1v) is 7.23. The van der Waals surface area contributed by atoms with Crippen LogP contribution >= 0.6 is 45.8 Å². The van der Waals surface area contributed by atoms with Gasteiger partial charge < -0.3 is 0 Å². The maximum Gasteiger partial charge on any atom is 0.168 e. The Bertz CT molecular complexity index is 643. The minimum absolute atomic E-state index is 0.0195. The van der Waals surface area contributed by atoms with E-state index in [4.69, 9.17) is 23.2 Å². The Kier molecular flexibility index (Phi) is 4.81. The zero-order chi connectivity index (χ0) is 14.0. The lowest BCUT2D eigenvalue weighted by atomic mass is 10.0.